The number of rotatable bonds is 7. The Hall–Kier alpha value is -3.17. The number of ether oxygens (including phenoxy) is 1. The molecule has 242 valence electrons. The Morgan fingerprint density at radius 3 is 2.07 bits per heavy atom. The number of pyridine rings is 1. The summed E-state index contributed by atoms with van der Waals surface area (Å²) in [5, 5.41) is 11.2. The van der Waals surface area contributed by atoms with E-state index in [-0.39, 0.29) is 43.7 Å². The SMILES string of the molecule is CC(C)C(C(C)C)[C@H]1CN(c2cc(C(C)(C)C)cc(C(C)(C)C)c2)C(c2[c-]c(Oc3ccc4cccc(O)c4n3)ccc2)=N1.[Pt]. The first kappa shape index (κ1) is 34.7. The first-order valence-corrected chi connectivity index (χ1v) is 15.9. The van der Waals surface area contributed by atoms with Crippen LogP contribution in [0, 0.1) is 23.8 Å². The third-order valence-electron chi connectivity index (χ3n) is 8.76. The number of aromatic hydroxyl groups is 1. The van der Waals surface area contributed by atoms with Crippen molar-refractivity contribution < 1.29 is 30.9 Å². The van der Waals surface area contributed by atoms with Gasteiger partial charge in [0.05, 0.1) is 11.9 Å². The molecule has 2 heterocycles. The van der Waals surface area contributed by atoms with Gasteiger partial charge in [0.2, 0.25) is 5.88 Å². The molecule has 0 spiro atoms. The number of benzene rings is 3. The zero-order valence-electron chi connectivity index (χ0n) is 28.4. The van der Waals surface area contributed by atoms with Crippen LogP contribution >= 0.6 is 0 Å². The van der Waals surface area contributed by atoms with Crippen molar-refractivity contribution >= 4 is 22.4 Å². The zero-order valence-corrected chi connectivity index (χ0v) is 30.7. The number of hydrogen-bond acceptors (Lipinski definition) is 5. The van der Waals surface area contributed by atoms with Crippen molar-refractivity contribution in [1.29, 1.82) is 0 Å². The number of hydrogen-bond donors (Lipinski definition) is 1. The maximum Gasteiger partial charge on any atom is 0.217 e. The molecule has 45 heavy (non-hydrogen) atoms. The second-order valence-corrected chi connectivity index (χ2v) is 15.0. The molecule has 0 bridgehead atoms. The van der Waals surface area contributed by atoms with Crippen molar-refractivity contribution in [3.05, 3.63) is 89.5 Å². The molecular weight excluding hydrogens is 738 g/mol. The van der Waals surface area contributed by atoms with E-state index in [9.17, 15) is 5.11 Å². The number of phenols is 1. The second kappa shape index (κ2) is 13.3. The normalized spacial score (nSPS) is 15.6. The summed E-state index contributed by atoms with van der Waals surface area (Å²) in [6.45, 7) is 23.8. The van der Waals surface area contributed by atoms with E-state index in [1.807, 2.05) is 36.4 Å². The van der Waals surface area contributed by atoms with Gasteiger partial charge in [0.15, 0.2) is 0 Å². The Morgan fingerprint density at radius 1 is 0.844 bits per heavy atom. The minimum Gasteiger partial charge on any atom is -0.506 e. The summed E-state index contributed by atoms with van der Waals surface area (Å²) in [4.78, 5) is 12.4. The summed E-state index contributed by atoms with van der Waals surface area (Å²) in [7, 11) is 0. The number of aliphatic imine (C=N–C) groups is 1. The smallest absolute Gasteiger partial charge is 0.217 e. The fourth-order valence-corrected chi connectivity index (χ4v) is 6.40. The van der Waals surface area contributed by atoms with E-state index in [0.717, 1.165) is 23.3 Å². The van der Waals surface area contributed by atoms with Gasteiger partial charge in [-0.3, -0.25) is 0 Å². The molecule has 3 aromatic carbocycles. The van der Waals surface area contributed by atoms with Gasteiger partial charge in [-0.2, -0.15) is 0 Å². The van der Waals surface area contributed by atoms with Gasteiger partial charge in [-0.1, -0.05) is 93.5 Å². The summed E-state index contributed by atoms with van der Waals surface area (Å²) in [5.74, 6) is 3.46. The second-order valence-electron chi connectivity index (χ2n) is 15.0. The summed E-state index contributed by atoms with van der Waals surface area (Å²) in [5.41, 5.74) is 5.21. The minimum atomic E-state index is 0. The third-order valence-corrected chi connectivity index (χ3v) is 8.76. The predicted molar refractivity (Wildman–Crippen MR) is 183 cm³/mol. The third kappa shape index (κ3) is 7.63. The molecule has 1 aromatic heterocycles. The molecule has 0 saturated heterocycles. The van der Waals surface area contributed by atoms with Crippen molar-refractivity contribution in [3.8, 4) is 17.4 Å². The molecule has 1 atom stereocenters. The molecule has 0 fully saturated rings. The van der Waals surface area contributed by atoms with Crippen LogP contribution in [-0.2, 0) is 31.9 Å². The topological polar surface area (TPSA) is 58.0 Å². The maximum absolute atomic E-state index is 10.3. The Labute approximate surface area is 284 Å². The fraction of sp³-hybridized carbons (Fsp3) is 0.436. The van der Waals surface area contributed by atoms with Gasteiger partial charge < -0.3 is 19.7 Å². The van der Waals surface area contributed by atoms with Gasteiger partial charge in [-0.15, -0.1) is 23.8 Å². The van der Waals surface area contributed by atoms with Crippen LogP contribution < -0.4 is 9.64 Å². The molecule has 0 saturated carbocycles. The van der Waals surface area contributed by atoms with Gasteiger partial charge >= 0.3 is 0 Å². The molecule has 0 amide bonds. The van der Waals surface area contributed by atoms with Gasteiger partial charge in [0.25, 0.3) is 0 Å². The largest absolute Gasteiger partial charge is 0.506 e. The molecular formula is C39H48N3O2Pt-. The number of fused-ring (bicyclic) bond motifs is 1. The monoisotopic (exact) mass is 785 g/mol. The molecule has 5 nitrogen and oxygen atoms in total. The van der Waals surface area contributed by atoms with Gasteiger partial charge in [-0.25, -0.2) is 4.98 Å². The van der Waals surface area contributed by atoms with E-state index in [2.05, 4.69) is 109 Å². The first-order chi connectivity index (χ1) is 20.6. The number of phenolic OH excluding ortho intramolecular Hbond substituents is 1. The zero-order chi connectivity index (χ0) is 32.0. The van der Waals surface area contributed by atoms with E-state index < -0.39 is 0 Å². The first-order valence-electron chi connectivity index (χ1n) is 15.9. The summed E-state index contributed by atoms with van der Waals surface area (Å²) < 4.78 is 6.21. The number of nitrogens with zero attached hydrogens (tertiary/aromatic N) is 3. The molecule has 6 heteroatoms. The Kier molecular flexibility index (Phi) is 10.2. The van der Waals surface area contributed by atoms with Crippen molar-refractivity contribution in [2.75, 3.05) is 11.4 Å². The van der Waals surface area contributed by atoms with E-state index in [0.29, 0.717) is 34.9 Å². The Morgan fingerprint density at radius 2 is 1.47 bits per heavy atom. The summed E-state index contributed by atoms with van der Waals surface area (Å²) in [6, 6.07) is 25.8. The van der Waals surface area contributed by atoms with Gasteiger partial charge in [-0.05, 0) is 64.0 Å². The molecule has 1 aliphatic heterocycles. The van der Waals surface area contributed by atoms with E-state index >= 15 is 0 Å². The van der Waals surface area contributed by atoms with Crippen LogP contribution in [0.2, 0.25) is 0 Å². The van der Waals surface area contributed by atoms with Crippen molar-refractivity contribution in [2.45, 2.75) is 86.1 Å². The number of aromatic nitrogens is 1. The molecule has 0 aliphatic carbocycles. The van der Waals surface area contributed by atoms with Crippen LogP contribution in [0.15, 0.2) is 71.7 Å². The number of para-hydroxylation sites is 1. The van der Waals surface area contributed by atoms with Crippen LogP contribution in [0.1, 0.15) is 85.9 Å². The van der Waals surface area contributed by atoms with Gasteiger partial charge in [0.1, 0.15) is 11.3 Å². The van der Waals surface area contributed by atoms with Crippen LogP contribution in [0.4, 0.5) is 5.69 Å². The van der Waals surface area contributed by atoms with Crippen molar-refractivity contribution in [3.63, 3.8) is 0 Å². The maximum atomic E-state index is 10.3. The van der Waals surface area contributed by atoms with Crippen LogP contribution in [0.5, 0.6) is 17.4 Å². The Bertz CT molecular complexity index is 1640. The van der Waals surface area contributed by atoms with E-state index in [1.165, 1.54) is 16.8 Å². The number of anilines is 1. The fourth-order valence-electron chi connectivity index (χ4n) is 6.40. The molecule has 0 unspecified atom stereocenters. The van der Waals surface area contributed by atoms with Crippen LogP contribution in [-0.4, -0.2) is 28.5 Å². The predicted octanol–water partition coefficient (Wildman–Crippen LogP) is 9.69. The van der Waals surface area contributed by atoms with E-state index in [4.69, 9.17) is 9.73 Å². The average molecular weight is 786 g/mol. The molecule has 0 radical (unpaired) electrons. The van der Waals surface area contributed by atoms with Crippen LogP contribution in [0.3, 0.4) is 0 Å². The molecule has 1 aliphatic rings. The van der Waals surface area contributed by atoms with Crippen molar-refractivity contribution in [2.24, 2.45) is 22.7 Å². The Balaban J connectivity index is 0.00000461. The van der Waals surface area contributed by atoms with Crippen molar-refractivity contribution in [1.82, 2.24) is 4.98 Å². The summed E-state index contributed by atoms with van der Waals surface area (Å²) in [6.07, 6.45) is 0. The molecule has 1 N–H and O–H groups in total. The average Bonchev–Trinajstić information content (AvgIpc) is 3.37. The standard InChI is InChI=1S/C39H48N3O2.Pt/c1-24(2)35(25(3)4)32-23-42(30-21-28(38(5,6)7)20-29(22-30)39(8,9)10)37(40-32)27-14-11-15-31(19-27)44-34-18-17-26-13-12-16-33(43)36(26)41-34;/h11-18,20-22,24-25,32,35,43H,23H2,1-10H3;/q-1;/t32-;/m1./s1. The minimum absolute atomic E-state index is 0. The number of amidine groups is 1. The van der Waals surface area contributed by atoms with Gasteiger partial charge in [0, 0.05) is 50.5 Å². The van der Waals surface area contributed by atoms with Crippen LogP contribution in [0.25, 0.3) is 10.9 Å². The molecule has 4 aromatic rings. The summed E-state index contributed by atoms with van der Waals surface area (Å²) >= 11 is 0. The van der Waals surface area contributed by atoms with E-state index in [1.54, 1.807) is 6.07 Å². The quantitative estimate of drug-likeness (QED) is 0.190. The molecule has 5 rings (SSSR count).